The van der Waals surface area contributed by atoms with Crippen LogP contribution in [0.4, 0.5) is 0 Å². The van der Waals surface area contributed by atoms with Gasteiger partial charge in [-0.1, -0.05) is 374 Å². The van der Waals surface area contributed by atoms with Crippen LogP contribution in [0.15, 0.2) is 95.6 Å². The van der Waals surface area contributed by atoms with Gasteiger partial charge >= 0.3 is 0 Å². The van der Waals surface area contributed by atoms with Crippen LogP contribution in [0, 0.1) is 11.8 Å². The Morgan fingerprint density at radius 1 is 0.350 bits per heavy atom. The van der Waals surface area contributed by atoms with Crippen LogP contribution in [0.2, 0.25) is 0 Å². The molecule has 32 atom stereocenters. The van der Waals surface area contributed by atoms with Gasteiger partial charge in [0.1, 0.15) is 0 Å². The second-order valence-corrected chi connectivity index (χ2v) is 65.2. The molecule has 137 heavy (non-hydrogen) atoms. The predicted octanol–water partition coefficient (Wildman–Crippen LogP) is 26.3. The Bertz CT molecular complexity index is 3950. The summed E-state index contributed by atoms with van der Waals surface area (Å²) in [5.41, 5.74) is 7.84. The monoisotopic (exact) mass is 2160 g/mol. The van der Waals surface area contributed by atoms with Crippen molar-refractivity contribution >= 4 is 110 Å². The standard InChI is InChI=1S/C30H40N2O2P2.C23H32O4P2.C19H34O4P2.C17H27NO2P2.4C5H10.2CH4.3Fe/c33-29(23-15-9-19-27(23)35-21-11-3-1-4-12-21)31-25-17-7-8-18-26(25)32-30(34)24-16-10-20-28(24)36-22-13-5-2-6-14-22;1-12-18-20(26-22(3,4)24-18)16-11-17-21-19(25-23(5,6)27-21)13(2)29(17)15-10-8-7-9-14(15)28(12)16;1-10-14-16(22-18(3,4)20-14)12(24(10)7)9-13-17-15(11(2)25(13)8)21-19(5,6)23-17;1-10-6-7-11(2)21(10)14-15(17(20)18(5)16(14)19)22-12(3)8-9-13(22)4;4*1-2-4-5-3-1;;;;;/h1-6,11-14,23-28,35-36H,7-10,15-20H2,(H,31,33)(H,32,34);7-10,12-13,16-21H,11H2,1-6H3;10-17H,9H2,1-8H3;10-13H,6-9H2,1-5H3;4*1-5H2;2*1H4;;;/t23?,24?,25-,26?,27?,28?;12-,13-,16-,17-,18+,19+,20+,21+,28?,29?;10-,11-,12-,13-,14+,15+,16+,17+,24?,25?;10-,11-,12-,13-;;;;;;;;;/m0000........./s1. The van der Waals surface area contributed by atoms with Gasteiger partial charge in [-0.3, -0.25) is 24.1 Å². The second-order valence-electron chi connectivity index (χ2n) is 44.7. The fraction of sp³-hybridized carbons (Fsp3) is 0.784. The van der Waals surface area contributed by atoms with Crippen LogP contribution in [0.5, 0.6) is 0 Å². The van der Waals surface area contributed by atoms with Crippen molar-refractivity contribution < 1.29 is 108 Å². The van der Waals surface area contributed by atoms with Crippen LogP contribution in [0.1, 0.15) is 357 Å². The molecule has 3 aromatic rings. The fourth-order valence-corrected chi connectivity index (χ4v) is 50.2. The molecule has 0 bridgehead atoms. The van der Waals surface area contributed by atoms with E-state index in [1.807, 2.05) is 0 Å². The van der Waals surface area contributed by atoms with Gasteiger partial charge in [0.2, 0.25) is 11.8 Å². The zero-order valence-corrected chi connectivity index (χ0v) is 96.3. The van der Waals surface area contributed by atoms with Crippen molar-refractivity contribution in [1.29, 1.82) is 0 Å². The molecule has 22 rings (SSSR count). The van der Waals surface area contributed by atoms with E-state index in [0.29, 0.717) is 96.4 Å². The molecule has 3 aromatic carbocycles. The summed E-state index contributed by atoms with van der Waals surface area (Å²) in [6.45, 7) is 40.1. The van der Waals surface area contributed by atoms with Crippen molar-refractivity contribution in [1.82, 2.24) is 15.5 Å². The van der Waals surface area contributed by atoms with E-state index in [1.165, 1.54) is 182 Å². The molecule has 26 heteroatoms. The maximum Gasteiger partial charge on any atom is 0.261 e. The summed E-state index contributed by atoms with van der Waals surface area (Å²) >= 11 is 0. The van der Waals surface area contributed by atoms with E-state index in [4.69, 9.17) is 37.9 Å². The Hall–Kier alpha value is 0.158. The normalized spacial score (nSPS) is 38.7. The molecule has 12 aliphatic heterocycles. The van der Waals surface area contributed by atoms with E-state index >= 15 is 0 Å². The molecule has 19 aliphatic rings. The van der Waals surface area contributed by atoms with Crippen LogP contribution in [-0.4, -0.2) is 212 Å². The summed E-state index contributed by atoms with van der Waals surface area (Å²) in [5.74, 6) is -1.11. The van der Waals surface area contributed by atoms with E-state index in [-0.39, 0.29) is 194 Å². The summed E-state index contributed by atoms with van der Waals surface area (Å²) in [4.78, 5) is 54.0. The van der Waals surface area contributed by atoms with Crippen LogP contribution in [0.25, 0.3) is 0 Å². The van der Waals surface area contributed by atoms with E-state index in [1.54, 1.807) is 17.7 Å². The van der Waals surface area contributed by atoms with Crippen molar-refractivity contribution in [3.63, 3.8) is 0 Å². The molecule has 12 heterocycles. The number of carbonyl (C=O) groups is 4. The first-order chi connectivity index (χ1) is 63.2. The van der Waals surface area contributed by atoms with E-state index in [2.05, 4.69) is 220 Å². The average molecular weight is 2170 g/mol. The van der Waals surface area contributed by atoms with Crippen LogP contribution < -0.4 is 31.9 Å². The fourth-order valence-electron chi connectivity index (χ4n) is 26.3. The molecular formula is C111H181Fe3N3O12P8. The Balaban J connectivity index is 0.000000175. The molecule has 17 fully saturated rings. The Labute approximate surface area is 874 Å². The Morgan fingerprint density at radius 3 is 0.920 bits per heavy atom. The summed E-state index contributed by atoms with van der Waals surface area (Å²) < 4.78 is 51.2. The van der Waals surface area contributed by atoms with Gasteiger partial charge in [-0.15, -0.1) is 0 Å². The minimum Gasteiger partial charge on any atom is -0.351 e. The molecule has 0 radical (unpaired) electrons. The van der Waals surface area contributed by atoms with Crippen LogP contribution in [0.3, 0.4) is 0 Å². The molecule has 0 spiro atoms. The summed E-state index contributed by atoms with van der Waals surface area (Å²) in [7, 11) is 1.31. The van der Waals surface area contributed by atoms with Crippen molar-refractivity contribution in [2.75, 3.05) is 20.4 Å². The molecule has 0 aromatic heterocycles. The van der Waals surface area contributed by atoms with Crippen molar-refractivity contribution in [3.8, 4) is 0 Å². The zero-order valence-electron chi connectivity index (χ0n) is 85.6. The first-order valence-corrected chi connectivity index (χ1v) is 65.0. The molecular weight excluding hydrogens is 1980 g/mol. The third kappa shape index (κ3) is 28.7. The topological polar surface area (TPSA) is 169 Å². The number of nitrogens with one attached hydrogen (secondary N) is 2. The van der Waals surface area contributed by atoms with E-state index in [0.717, 1.165) is 74.8 Å². The number of likely N-dealkylation sites (N-methyl/N-ethyl adjacent to an activating group) is 1. The Kier molecular flexibility index (Phi) is 46.7. The number of fused-ring (bicyclic) bond motifs is 11. The maximum absolute atomic E-state index is 13.4. The molecule has 776 valence electrons. The first kappa shape index (κ1) is 119. The van der Waals surface area contributed by atoms with Gasteiger partial charge in [0, 0.05) is 127 Å². The molecule has 11 unspecified atom stereocenters. The summed E-state index contributed by atoms with van der Waals surface area (Å²) in [6, 6.07) is 30.7. The van der Waals surface area contributed by atoms with Gasteiger partial charge in [0.05, 0.1) is 59.5 Å². The number of imide groups is 1. The Morgan fingerprint density at radius 2 is 0.620 bits per heavy atom. The number of nitrogens with zero attached hydrogens (tertiary/aromatic N) is 1. The second kappa shape index (κ2) is 53.7. The van der Waals surface area contributed by atoms with Gasteiger partial charge in [0.15, 0.2) is 23.1 Å². The molecule has 7 saturated carbocycles. The number of hydrogen-bond acceptors (Lipinski definition) is 12. The molecule has 15 nitrogen and oxygen atoms in total. The van der Waals surface area contributed by atoms with Gasteiger partial charge in [-0.25, -0.2) is 0 Å². The molecule has 7 aliphatic carbocycles. The minimum atomic E-state index is -0.471. The van der Waals surface area contributed by atoms with Crippen LogP contribution in [-0.2, 0) is 108 Å². The average Bonchev–Trinajstić information content (AvgIpc) is 1.54. The maximum atomic E-state index is 13.4. The van der Waals surface area contributed by atoms with Crippen molar-refractivity contribution in [3.05, 3.63) is 95.6 Å². The quantitative estimate of drug-likeness (QED) is 0.100. The summed E-state index contributed by atoms with van der Waals surface area (Å²) in [6.07, 6.45) is 49.8. The predicted molar refractivity (Wildman–Crippen MR) is 577 cm³/mol. The largest absolute Gasteiger partial charge is 0.351 e. The van der Waals surface area contributed by atoms with E-state index < -0.39 is 39.0 Å². The zero-order chi connectivity index (χ0) is 93.7. The number of benzene rings is 3. The van der Waals surface area contributed by atoms with Gasteiger partial charge in [-0.05, 0) is 201 Å². The number of carbonyl (C=O) groups excluding carboxylic acids is 4. The van der Waals surface area contributed by atoms with Crippen molar-refractivity contribution in [2.24, 2.45) is 11.8 Å². The van der Waals surface area contributed by atoms with Crippen molar-refractivity contribution in [2.45, 2.75) is 520 Å². The smallest absolute Gasteiger partial charge is 0.261 e. The SMILES string of the molecule is C.C.C1CCCC1.C1CCCC1.C1CCCC1.C1CCCC1.C[C@H]1CC[C@H](C)P1C1=C(P2[C@@H](C)CC[C@@H]2C)C(=O)N(C)C1=O.C[C@H]1[C@H]2OC(C)(C)O[C@@H]2[C@@H]2C[C@H]3[C@H]4OC(C)(C)O[C@@H]4[C@H](C)P3c3ccccc3P12.C[C@H]1[C@H]2OC(C)(C)O[C@@H]2[C@H](C[C@H]2[C@H]3OC(C)(C)O[C@@H]3[C@H](C)P2C)P1C.O=C(NC1CCCC[C@@H]1NC(=O)C1CCCC1Pc1ccccc1)C1CCCC1Pc1ccccc1.[Fe].[Fe].[Fe]. The van der Waals surface area contributed by atoms with Gasteiger partial charge in [-0.2, -0.15) is 0 Å². The number of amides is 4. The molecule has 2 N–H and O–H groups in total. The molecule has 10 saturated heterocycles. The minimum absolute atomic E-state index is 0. The number of ether oxygens (including phenoxy) is 8. The summed E-state index contributed by atoms with van der Waals surface area (Å²) in [5, 5.41) is 14.7. The van der Waals surface area contributed by atoms with Crippen LogP contribution >= 0.6 is 64.7 Å². The number of hydrogen-bond donors (Lipinski definition) is 2. The molecule has 4 amide bonds. The van der Waals surface area contributed by atoms with E-state index in [9.17, 15) is 19.2 Å². The third-order valence-corrected chi connectivity index (χ3v) is 56.9. The third-order valence-electron chi connectivity index (χ3n) is 33.4. The first-order valence-electron chi connectivity index (χ1n) is 53.1. The van der Waals surface area contributed by atoms with Gasteiger partial charge in [0.25, 0.3) is 11.8 Å². The van der Waals surface area contributed by atoms with Gasteiger partial charge < -0.3 is 48.5 Å². The number of rotatable bonds is 12.